The molecule has 0 spiro atoms. The zero-order chi connectivity index (χ0) is 10.7. The van der Waals surface area contributed by atoms with Gasteiger partial charge in [-0.05, 0) is 18.6 Å². The van der Waals surface area contributed by atoms with Gasteiger partial charge in [-0.25, -0.2) is 0 Å². The van der Waals surface area contributed by atoms with Crippen molar-refractivity contribution in [2.45, 2.75) is 18.9 Å². The molecule has 1 aliphatic heterocycles. The Morgan fingerprint density at radius 1 is 1.33 bits per heavy atom. The first-order valence-corrected chi connectivity index (χ1v) is 5.21. The minimum Gasteiger partial charge on any atom is -0.365 e. The number of rotatable bonds is 2. The van der Waals surface area contributed by atoms with Gasteiger partial charge in [0.25, 0.3) is 0 Å². The summed E-state index contributed by atoms with van der Waals surface area (Å²) < 4.78 is 0. The molecule has 1 aliphatic rings. The average Bonchev–Trinajstić information content (AvgIpc) is 2.30. The largest absolute Gasteiger partial charge is 0.365 e. The van der Waals surface area contributed by atoms with Crippen LogP contribution in [0.5, 0.6) is 0 Å². The molecule has 1 aromatic rings. The van der Waals surface area contributed by atoms with E-state index in [0.717, 1.165) is 18.7 Å². The molecular formula is C11H14N2O2. The average molecular weight is 206 g/mol. The van der Waals surface area contributed by atoms with Crippen LogP contribution in [-0.4, -0.2) is 24.1 Å². The standard InChI is InChI=1S/C11H14N2O2/c14-13(15)11-7-4-8-12(9-11)10-5-2-1-3-6-10/h1-3,5-6,11H,4,7-9H2/t11-/m0/s1. The van der Waals surface area contributed by atoms with Crippen LogP contribution in [0.2, 0.25) is 0 Å². The van der Waals surface area contributed by atoms with E-state index < -0.39 is 6.04 Å². The van der Waals surface area contributed by atoms with Gasteiger partial charge in [0.05, 0.1) is 6.54 Å². The highest BCUT2D eigenvalue weighted by atomic mass is 16.6. The molecule has 1 saturated heterocycles. The molecule has 15 heavy (non-hydrogen) atoms. The Morgan fingerprint density at radius 3 is 2.73 bits per heavy atom. The molecular weight excluding hydrogens is 192 g/mol. The molecule has 0 unspecified atom stereocenters. The monoisotopic (exact) mass is 206 g/mol. The van der Waals surface area contributed by atoms with Gasteiger partial charge < -0.3 is 4.90 Å². The van der Waals surface area contributed by atoms with Gasteiger partial charge >= 0.3 is 0 Å². The second-order valence-corrected chi connectivity index (χ2v) is 3.86. The van der Waals surface area contributed by atoms with Crippen molar-refractivity contribution < 1.29 is 4.92 Å². The molecule has 80 valence electrons. The van der Waals surface area contributed by atoms with Gasteiger partial charge in [0.15, 0.2) is 0 Å². The van der Waals surface area contributed by atoms with E-state index in [1.807, 2.05) is 30.3 Å². The Labute approximate surface area is 88.7 Å². The van der Waals surface area contributed by atoms with E-state index in [-0.39, 0.29) is 4.92 Å². The normalized spacial score (nSPS) is 21.3. The first-order valence-electron chi connectivity index (χ1n) is 5.21. The van der Waals surface area contributed by atoms with Crippen LogP contribution in [0.25, 0.3) is 0 Å². The third kappa shape index (κ3) is 2.26. The molecule has 4 nitrogen and oxygen atoms in total. The SMILES string of the molecule is O=[N+]([O-])[C@H]1CCCN(c2ccccc2)C1. The fourth-order valence-electron chi connectivity index (χ4n) is 2.00. The molecule has 1 aromatic carbocycles. The minimum atomic E-state index is -0.404. The van der Waals surface area contributed by atoms with E-state index in [9.17, 15) is 10.1 Å². The second kappa shape index (κ2) is 4.29. The molecule has 1 atom stereocenters. The highest BCUT2D eigenvalue weighted by Crippen LogP contribution is 2.20. The van der Waals surface area contributed by atoms with Crippen molar-refractivity contribution in [2.75, 3.05) is 18.0 Å². The molecule has 4 heteroatoms. The summed E-state index contributed by atoms with van der Waals surface area (Å²) in [6.07, 6.45) is 1.61. The number of hydrogen-bond acceptors (Lipinski definition) is 3. The predicted molar refractivity (Wildman–Crippen MR) is 58.7 cm³/mol. The number of para-hydroxylation sites is 1. The van der Waals surface area contributed by atoms with Crippen LogP contribution in [0, 0.1) is 10.1 Å². The fourth-order valence-corrected chi connectivity index (χ4v) is 2.00. The van der Waals surface area contributed by atoms with Crippen LogP contribution in [0.15, 0.2) is 30.3 Å². The van der Waals surface area contributed by atoms with Crippen LogP contribution in [0.3, 0.4) is 0 Å². The van der Waals surface area contributed by atoms with Crippen molar-refractivity contribution in [3.63, 3.8) is 0 Å². The Balaban J connectivity index is 2.08. The minimum absolute atomic E-state index is 0.158. The zero-order valence-corrected chi connectivity index (χ0v) is 8.50. The maximum Gasteiger partial charge on any atom is 0.230 e. The Kier molecular flexibility index (Phi) is 2.85. The molecule has 0 saturated carbocycles. The van der Waals surface area contributed by atoms with Crippen molar-refractivity contribution in [3.8, 4) is 0 Å². The third-order valence-corrected chi connectivity index (χ3v) is 2.82. The lowest BCUT2D eigenvalue weighted by atomic mass is 10.1. The predicted octanol–water partition coefficient (Wildman–Crippen LogP) is 1.93. The van der Waals surface area contributed by atoms with Crippen molar-refractivity contribution >= 4 is 5.69 Å². The summed E-state index contributed by atoms with van der Waals surface area (Å²) in [5.41, 5.74) is 1.09. The van der Waals surface area contributed by atoms with Crippen LogP contribution in [0.1, 0.15) is 12.8 Å². The van der Waals surface area contributed by atoms with Gasteiger partial charge in [0.2, 0.25) is 6.04 Å². The maximum absolute atomic E-state index is 10.7. The summed E-state index contributed by atoms with van der Waals surface area (Å²) in [5, 5.41) is 10.7. The summed E-state index contributed by atoms with van der Waals surface area (Å²) in [5.74, 6) is 0. The summed E-state index contributed by atoms with van der Waals surface area (Å²) in [6, 6.07) is 9.48. The van der Waals surface area contributed by atoms with E-state index in [1.165, 1.54) is 0 Å². The topological polar surface area (TPSA) is 46.4 Å². The van der Waals surface area contributed by atoms with Crippen LogP contribution >= 0.6 is 0 Å². The second-order valence-electron chi connectivity index (χ2n) is 3.86. The van der Waals surface area contributed by atoms with Crippen LogP contribution < -0.4 is 4.90 Å². The van der Waals surface area contributed by atoms with E-state index in [4.69, 9.17) is 0 Å². The van der Waals surface area contributed by atoms with Crippen LogP contribution in [0.4, 0.5) is 5.69 Å². The lowest BCUT2D eigenvalue weighted by Crippen LogP contribution is -2.42. The van der Waals surface area contributed by atoms with Gasteiger partial charge in [0.1, 0.15) is 0 Å². The van der Waals surface area contributed by atoms with Crippen LogP contribution in [-0.2, 0) is 0 Å². The number of nitrogens with zero attached hydrogens (tertiary/aromatic N) is 2. The van der Waals surface area contributed by atoms with Crippen molar-refractivity contribution in [3.05, 3.63) is 40.4 Å². The van der Waals surface area contributed by atoms with E-state index >= 15 is 0 Å². The van der Waals surface area contributed by atoms with Gasteiger partial charge in [-0.3, -0.25) is 10.1 Å². The number of hydrogen-bond donors (Lipinski definition) is 0. The Hall–Kier alpha value is -1.58. The first-order chi connectivity index (χ1) is 7.27. The van der Waals surface area contributed by atoms with Gasteiger partial charge in [0, 0.05) is 23.6 Å². The maximum atomic E-state index is 10.7. The van der Waals surface area contributed by atoms with E-state index in [1.54, 1.807) is 0 Å². The lowest BCUT2D eigenvalue weighted by molar-refractivity contribution is -0.521. The summed E-state index contributed by atoms with van der Waals surface area (Å²) in [7, 11) is 0. The molecule has 2 rings (SSSR count). The summed E-state index contributed by atoms with van der Waals surface area (Å²) in [4.78, 5) is 12.6. The summed E-state index contributed by atoms with van der Waals surface area (Å²) in [6.45, 7) is 1.46. The van der Waals surface area contributed by atoms with Crippen molar-refractivity contribution in [1.82, 2.24) is 0 Å². The molecule has 0 aromatic heterocycles. The molecule has 0 amide bonds. The molecule has 1 heterocycles. The molecule has 0 aliphatic carbocycles. The first kappa shape index (κ1) is 9.96. The quantitative estimate of drug-likeness (QED) is 0.548. The lowest BCUT2D eigenvalue weighted by Gasteiger charge is -2.30. The Morgan fingerprint density at radius 2 is 2.07 bits per heavy atom. The van der Waals surface area contributed by atoms with Crippen molar-refractivity contribution in [1.29, 1.82) is 0 Å². The molecule has 0 radical (unpaired) electrons. The highest BCUT2D eigenvalue weighted by Gasteiger charge is 2.27. The molecule has 0 N–H and O–H groups in total. The van der Waals surface area contributed by atoms with E-state index in [0.29, 0.717) is 13.0 Å². The van der Waals surface area contributed by atoms with E-state index in [2.05, 4.69) is 4.90 Å². The fraction of sp³-hybridized carbons (Fsp3) is 0.455. The smallest absolute Gasteiger partial charge is 0.230 e. The molecule has 0 bridgehead atoms. The van der Waals surface area contributed by atoms with Gasteiger partial charge in [-0.15, -0.1) is 0 Å². The molecule has 1 fully saturated rings. The number of benzene rings is 1. The number of piperidine rings is 1. The number of anilines is 1. The Bertz CT molecular complexity index is 340. The number of nitro groups is 1. The highest BCUT2D eigenvalue weighted by molar-refractivity contribution is 5.46. The van der Waals surface area contributed by atoms with Gasteiger partial charge in [-0.1, -0.05) is 18.2 Å². The summed E-state index contributed by atoms with van der Waals surface area (Å²) >= 11 is 0. The van der Waals surface area contributed by atoms with Crippen molar-refractivity contribution in [2.24, 2.45) is 0 Å². The van der Waals surface area contributed by atoms with Gasteiger partial charge in [-0.2, -0.15) is 0 Å². The third-order valence-electron chi connectivity index (χ3n) is 2.82. The zero-order valence-electron chi connectivity index (χ0n) is 8.50.